The molecule has 6 rings (SSSR count). The molecule has 4 nitrogen and oxygen atoms in total. The van der Waals surface area contributed by atoms with Gasteiger partial charge in [-0.15, -0.1) is 0 Å². The Morgan fingerprint density at radius 1 is 1.31 bits per heavy atom. The summed E-state index contributed by atoms with van der Waals surface area (Å²) in [5.41, 5.74) is 0.703. The van der Waals surface area contributed by atoms with Crippen LogP contribution in [0.3, 0.4) is 0 Å². The first kappa shape index (κ1) is 16.3. The van der Waals surface area contributed by atoms with Gasteiger partial charge in [0.25, 0.3) is 0 Å². The molecule has 3 N–H and O–H groups in total. The minimum Gasteiger partial charge on any atom is -0.392 e. The molecule has 0 aromatic carbocycles. The number of hydrogen-bond acceptors (Lipinski definition) is 3. The van der Waals surface area contributed by atoms with E-state index in [1.54, 1.807) is 4.90 Å². The Hall–Kier alpha value is -0.710. The van der Waals surface area contributed by atoms with Gasteiger partial charge in [0.05, 0.1) is 36.8 Å². The molecule has 0 amide bonds. The first-order chi connectivity index (χ1) is 12.3. The smallest absolute Gasteiger partial charge is 0.140 e. The van der Waals surface area contributed by atoms with E-state index in [1.807, 2.05) is 0 Å². The Kier molecular flexibility index (Phi) is 2.80. The molecule has 11 unspecified atom stereocenters. The highest BCUT2D eigenvalue weighted by Crippen LogP contribution is 2.81. The van der Waals surface area contributed by atoms with E-state index in [0.717, 1.165) is 37.8 Å². The Morgan fingerprint density at radius 2 is 2.08 bits per heavy atom. The second-order valence-electron chi connectivity index (χ2n) is 10.8. The molecule has 26 heavy (non-hydrogen) atoms. The lowest BCUT2D eigenvalue weighted by Gasteiger charge is -2.63. The van der Waals surface area contributed by atoms with Gasteiger partial charge in [-0.2, -0.15) is 0 Å². The second-order valence-corrected chi connectivity index (χ2v) is 10.8. The van der Waals surface area contributed by atoms with Gasteiger partial charge in [0, 0.05) is 29.1 Å². The predicted octanol–water partition coefficient (Wildman–Crippen LogP) is 0.583. The number of rotatable bonds is 1. The molecule has 5 saturated carbocycles. The maximum Gasteiger partial charge on any atom is 0.140 e. The molecule has 6 aliphatic rings. The highest BCUT2D eigenvalue weighted by Gasteiger charge is 2.87. The van der Waals surface area contributed by atoms with Crippen molar-refractivity contribution in [2.75, 3.05) is 13.1 Å². The lowest BCUT2D eigenvalue weighted by molar-refractivity contribution is -0.947. The fourth-order valence-electron chi connectivity index (χ4n) is 10.00. The van der Waals surface area contributed by atoms with Crippen molar-refractivity contribution in [2.24, 2.45) is 39.9 Å². The SMILES string of the molecule is C=C1C2CC3(C1O)C1CC4C5(C)CCC(O)C4(C1[NH+](CC)C5)C3CC2=O. The van der Waals surface area contributed by atoms with Crippen molar-refractivity contribution < 1.29 is 19.9 Å². The minimum absolute atomic E-state index is 0.131. The summed E-state index contributed by atoms with van der Waals surface area (Å²) in [4.78, 5) is 14.6. The van der Waals surface area contributed by atoms with Gasteiger partial charge >= 0.3 is 0 Å². The molecule has 142 valence electrons. The van der Waals surface area contributed by atoms with Crippen LogP contribution in [-0.4, -0.2) is 47.3 Å². The van der Waals surface area contributed by atoms with E-state index in [4.69, 9.17) is 0 Å². The Bertz CT molecular complexity index is 735. The lowest BCUT2D eigenvalue weighted by Crippen LogP contribution is -3.20. The van der Waals surface area contributed by atoms with Gasteiger partial charge in [0.2, 0.25) is 0 Å². The molecule has 11 atom stereocenters. The van der Waals surface area contributed by atoms with Crippen molar-refractivity contribution in [3.8, 4) is 0 Å². The topological polar surface area (TPSA) is 62.0 Å². The first-order valence-electron chi connectivity index (χ1n) is 10.7. The molecule has 7 bridgehead atoms. The maximum absolute atomic E-state index is 13.0. The number of likely N-dealkylation sites (tertiary alicyclic amines) is 1. The molecule has 0 aromatic rings. The number of quaternary nitrogens is 1. The van der Waals surface area contributed by atoms with Gasteiger partial charge in [0.15, 0.2) is 0 Å². The van der Waals surface area contributed by atoms with E-state index in [1.165, 1.54) is 6.54 Å². The summed E-state index contributed by atoms with van der Waals surface area (Å²) in [6.07, 6.45) is 3.62. The van der Waals surface area contributed by atoms with Crippen molar-refractivity contribution in [1.29, 1.82) is 0 Å². The molecule has 1 aliphatic heterocycles. The number of fused-ring (bicyclic) bond motifs is 1. The lowest BCUT2D eigenvalue weighted by atomic mass is 9.43. The van der Waals surface area contributed by atoms with Crippen molar-refractivity contribution in [1.82, 2.24) is 0 Å². The van der Waals surface area contributed by atoms with Crippen LogP contribution in [0.4, 0.5) is 0 Å². The zero-order valence-corrected chi connectivity index (χ0v) is 16.0. The van der Waals surface area contributed by atoms with E-state index in [-0.39, 0.29) is 40.0 Å². The quantitative estimate of drug-likeness (QED) is 0.601. The van der Waals surface area contributed by atoms with E-state index in [9.17, 15) is 15.0 Å². The summed E-state index contributed by atoms with van der Waals surface area (Å²) >= 11 is 0. The Labute approximate surface area is 155 Å². The van der Waals surface area contributed by atoms with Crippen LogP contribution in [0.25, 0.3) is 0 Å². The summed E-state index contributed by atoms with van der Waals surface area (Å²) < 4.78 is 0. The molecule has 4 heteroatoms. The molecule has 6 fully saturated rings. The van der Waals surface area contributed by atoms with Crippen LogP contribution in [0.15, 0.2) is 12.2 Å². The van der Waals surface area contributed by atoms with Crippen molar-refractivity contribution in [3.63, 3.8) is 0 Å². The fourth-order valence-corrected chi connectivity index (χ4v) is 10.00. The van der Waals surface area contributed by atoms with Crippen LogP contribution in [-0.2, 0) is 4.79 Å². The van der Waals surface area contributed by atoms with E-state index < -0.39 is 6.10 Å². The number of carbonyl (C=O) groups is 1. The van der Waals surface area contributed by atoms with Gasteiger partial charge in [-0.05, 0) is 50.0 Å². The maximum atomic E-state index is 13.0. The van der Waals surface area contributed by atoms with Crippen LogP contribution < -0.4 is 4.90 Å². The van der Waals surface area contributed by atoms with Crippen LogP contribution in [0.1, 0.15) is 46.0 Å². The number of piperidine rings is 1. The summed E-state index contributed by atoms with van der Waals surface area (Å²) in [5, 5.41) is 22.8. The average Bonchev–Trinajstić information content (AvgIpc) is 3.14. The van der Waals surface area contributed by atoms with Crippen molar-refractivity contribution >= 4 is 5.78 Å². The zero-order chi connectivity index (χ0) is 18.2. The van der Waals surface area contributed by atoms with E-state index in [0.29, 0.717) is 24.3 Å². The van der Waals surface area contributed by atoms with Crippen LogP contribution >= 0.6 is 0 Å². The van der Waals surface area contributed by atoms with Gasteiger partial charge in [-0.1, -0.05) is 13.5 Å². The van der Waals surface area contributed by atoms with E-state index in [2.05, 4.69) is 20.4 Å². The largest absolute Gasteiger partial charge is 0.392 e. The van der Waals surface area contributed by atoms with Gasteiger partial charge in [0.1, 0.15) is 5.78 Å². The summed E-state index contributed by atoms with van der Waals surface area (Å²) in [6, 6.07) is 0.415. The fraction of sp³-hybridized carbons (Fsp3) is 0.864. The van der Waals surface area contributed by atoms with Gasteiger partial charge in [-0.3, -0.25) is 4.79 Å². The normalized spacial score (nSPS) is 64.8. The van der Waals surface area contributed by atoms with Crippen molar-refractivity contribution in [3.05, 3.63) is 12.2 Å². The third-order valence-electron chi connectivity index (χ3n) is 10.6. The summed E-state index contributed by atoms with van der Waals surface area (Å²) in [5.74, 6) is 1.26. The molecule has 5 aliphatic carbocycles. The van der Waals surface area contributed by atoms with Crippen LogP contribution in [0.2, 0.25) is 0 Å². The number of hydrogen-bond donors (Lipinski definition) is 3. The molecule has 2 spiro atoms. The van der Waals surface area contributed by atoms with Gasteiger partial charge in [-0.25, -0.2) is 0 Å². The molecule has 1 saturated heterocycles. The molecular weight excluding hydrogens is 326 g/mol. The molecular formula is C22H32NO3+. The van der Waals surface area contributed by atoms with E-state index >= 15 is 0 Å². The average molecular weight is 359 g/mol. The zero-order valence-electron chi connectivity index (χ0n) is 16.0. The molecule has 0 aromatic heterocycles. The van der Waals surface area contributed by atoms with Crippen molar-refractivity contribution in [2.45, 2.75) is 64.2 Å². The highest BCUT2D eigenvalue weighted by molar-refractivity contribution is 5.87. The second kappa shape index (κ2) is 4.47. The third-order valence-corrected chi connectivity index (χ3v) is 10.6. The standard InChI is InChI=1S/C22H31NO3/c1-4-23-10-20(3)6-5-17(25)22-15(20)7-13(18(22)23)21-9-12(11(2)19(21)26)14(24)8-16(21)22/h12-13,15-19,25-26H,2,4-10H2,1,3H3/p+1. The number of nitrogens with one attached hydrogen (secondary N) is 1. The number of Topliss-reactive ketones (excluding diaryl/α,β-unsaturated/α-hetero) is 1. The molecule has 0 radical (unpaired) electrons. The number of aliphatic hydroxyl groups is 2. The highest BCUT2D eigenvalue weighted by atomic mass is 16.3. The Balaban J connectivity index is 1.62. The minimum atomic E-state index is -0.548. The summed E-state index contributed by atoms with van der Waals surface area (Å²) in [7, 11) is 0. The number of ketones is 1. The molecule has 1 heterocycles. The summed E-state index contributed by atoms with van der Waals surface area (Å²) in [6.45, 7) is 11.2. The van der Waals surface area contributed by atoms with Crippen LogP contribution in [0, 0.1) is 39.9 Å². The third kappa shape index (κ3) is 1.33. The monoisotopic (exact) mass is 358 g/mol. The van der Waals surface area contributed by atoms with Crippen LogP contribution in [0.5, 0.6) is 0 Å². The number of aliphatic hydroxyl groups excluding tert-OH is 2. The number of carbonyl (C=O) groups excluding carboxylic acids is 1. The first-order valence-corrected chi connectivity index (χ1v) is 10.7. The Morgan fingerprint density at radius 3 is 2.81 bits per heavy atom. The van der Waals surface area contributed by atoms with Gasteiger partial charge < -0.3 is 15.1 Å². The predicted molar refractivity (Wildman–Crippen MR) is 96.3 cm³/mol.